The minimum atomic E-state index is -0.237. The number of amides is 1. The van der Waals surface area contributed by atoms with Crippen molar-refractivity contribution < 1.29 is 23.7 Å². The molecule has 3 aliphatic heterocycles. The summed E-state index contributed by atoms with van der Waals surface area (Å²) < 4.78 is 22.1. The van der Waals surface area contributed by atoms with Crippen LogP contribution in [0.15, 0.2) is 12.1 Å². The van der Waals surface area contributed by atoms with Gasteiger partial charge in [0.05, 0.1) is 19.8 Å². The SMILES string of the molecule is COCCOC(=O)N1[C@@H]2CCC[C@H]1C[C@H](N(C)c1nc(Nc3cc(C)[nH]n3)cc(O[C@@H]3CCOC3)n1)C2. The van der Waals surface area contributed by atoms with E-state index in [4.69, 9.17) is 28.9 Å². The van der Waals surface area contributed by atoms with Gasteiger partial charge in [0, 0.05) is 56.5 Å². The van der Waals surface area contributed by atoms with Crippen LogP contribution in [0.3, 0.4) is 0 Å². The number of nitrogens with zero attached hydrogens (tertiary/aromatic N) is 5. The monoisotopic (exact) mass is 515 g/mol. The van der Waals surface area contributed by atoms with Crippen LogP contribution in [-0.2, 0) is 14.2 Å². The van der Waals surface area contributed by atoms with Gasteiger partial charge in [-0.25, -0.2) is 4.79 Å². The average molecular weight is 516 g/mol. The Bertz CT molecular complexity index is 1050. The molecular weight excluding hydrogens is 478 g/mol. The predicted octanol–water partition coefficient (Wildman–Crippen LogP) is 3.02. The van der Waals surface area contributed by atoms with Crippen molar-refractivity contribution in [1.29, 1.82) is 0 Å². The fourth-order valence-corrected chi connectivity index (χ4v) is 5.50. The first-order chi connectivity index (χ1) is 18.0. The van der Waals surface area contributed by atoms with Crippen molar-refractivity contribution in [2.45, 2.75) is 69.7 Å². The van der Waals surface area contributed by atoms with Gasteiger partial charge in [-0.15, -0.1) is 0 Å². The zero-order chi connectivity index (χ0) is 25.8. The van der Waals surface area contributed by atoms with Crippen LogP contribution in [0.5, 0.6) is 5.88 Å². The fraction of sp³-hybridized carbons (Fsp3) is 0.680. The molecule has 4 atom stereocenters. The Morgan fingerprint density at radius 1 is 1.19 bits per heavy atom. The Balaban J connectivity index is 1.33. The van der Waals surface area contributed by atoms with E-state index in [1.54, 1.807) is 13.2 Å². The largest absolute Gasteiger partial charge is 0.472 e. The third-order valence-electron chi connectivity index (χ3n) is 7.37. The minimum absolute atomic E-state index is 0.0275. The number of aryl methyl sites for hydroxylation is 1. The standard InChI is InChI=1S/C25H37N7O5/c1-16-11-22(30-29-16)26-21-14-23(37-20-7-8-35-15-20)28-24(27-21)31(2)19-12-17-5-4-6-18(13-19)32(17)25(33)36-10-9-34-3/h11,14,17-20H,4-10,12-13,15H2,1-3H3,(H2,26,27,28,29,30)/t17-,18+,19-,20-/m1/s1. The van der Waals surface area contributed by atoms with Crippen LogP contribution in [0, 0.1) is 6.92 Å². The highest BCUT2D eigenvalue weighted by molar-refractivity contribution is 5.69. The van der Waals surface area contributed by atoms with Crippen molar-refractivity contribution in [2.75, 3.05) is 50.8 Å². The van der Waals surface area contributed by atoms with E-state index in [0.29, 0.717) is 43.3 Å². The number of carbonyl (C=O) groups is 1. The highest BCUT2D eigenvalue weighted by atomic mass is 16.6. The summed E-state index contributed by atoms with van der Waals surface area (Å²) in [7, 11) is 3.62. The predicted molar refractivity (Wildman–Crippen MR) is 136 cm³/mol. The van der Waals surface area contributed by atoms with Crippen LogP contribution in [0.25, 0.3) is 0 Å². The zero-order valence-electron chi connectivity index (χ0n) is 21.8. The Morgan fingerprint density at radius 2 is 2.00 bits per heavy atom. The maximum atomic E-state index is 12.8. The van der Waals surface area contributed by atoms with Gasteiger partial charge >= 0.3 is 6.09 Å². The van der Waals surface area contributed by atoms with E-state index < -0.39 is 0 Å². The molecular formula is C25H37N7O5. The lowest BCUT2D eigenvalue weighted by Gasteiger charge is -2.49. The van der Waals surface area contributed by atoms with Gasteiger partial charge in [0.2, 0.25) is 11.8 Å². The summed E-state index contributed by atoms with van der Waals surface area (Å²) in [5.41, 5.74) is 0.951. The van der Waals surface area contributed by atoms with E-state index in [1.165, 1.54) is 0 Å². The molecule has 12 heteroatoms. The second-order valence-corrected chi connectivity index (χ2v) is 10.0. The number of anilines is 3. The van der Waals surface area contributed by atoms with Gasteiger partial charge in [-0.05, 0) is 39.0 Å². The molecule has 2 aromatic heterocycles. The van der Waals surface area contributed by atoms with E-state index in [9.17, 15) is 4.79 Å². The van der Waals surface area contributed by atoms with E-state index >= 15 is 0 Å². The summed E-state index contributed by atoms with van der Waals surface area (Å²) in [5, 5.41) is 10.5. The molecule has 0 spiro atoms. The van der Waals surface area contributed by atoms with Crippen LogP contribution in [0.4, 0.5) is 22.4 Å². The Morgan fingerprint density at radius 3 is 2.68 bits per heavy atom. The van der Waals surface area contributed by atoms with Gasteiger partial charge < -0.3 is 34.1 Å². The molecule has 3 saturated heterocycles. The summed E-state index contributed by atoms with van der Waals surface area (Å²) in [6.45, 7) is 3.86. The fourth-order valence-electron chi connectivity index (χ4n) is 5.50. The first kappa shape index (κ1) is 25.5. The number of piperidine rings is 2. The van der Waals surface area contributed by atoms with E-state index in [0.717, 1.165) is 44.2 Å². The Kier molecular flexibility index (Phi) is 7.94. The maximum Gasteiger partial charge on any atom is 0.410 e. The summed E-state index contributed by atoms with van der Waals surface area (Å²) in [5.74, 6) is 2.36. The topological polar surface area (TPSA) is 127 Å². The van der Waals surface area contributed by atoms with Gasteiger partial charge in [-0.3, -0.25) is 5.10 Å². The molecule has 0 aliphatic carbocycles. The number of ether oxygens (including phenoxy) is 4. The van der Waals surface area contributed by atoms with Crippen molar-refractivity contribution >= 4 is 23.7 Å². The summed E-state index contributed by atoms with van der Waals surface area (Å²) >= 11 is 0. The van der Waals surface area contributed by atoms with Crippen molar-refractivity contribution in [3.05, 3.63) is 17.8 Å². The minimum Gasteiger partial charge on any atom is -0.472 e. The van der Waals surface area contributed by atoms with Crippen molar-refractivity contribution in [3.8, 4) is 5.88 Å². The number of fused-ring (bicyclic) bond motifs is 2. The Hall–Kier alpha value is -3.12. The third kappa shape index (κ3) is 6.07. The highest BCUT2D eigenvalue weighted by Crippen LogP contribution is 2.37. The number of H-pyrrole nitrogens is 1. The molecule has 202 valence electrons. The third-order valence-corrected chi connectivity index (χ3v) is 7.37. The summed E-state index contributed by atoms with van der Waals surface area (Å²) in [6.07, 6.45) is 5.29. The van der Waals surface area contributed by atoms with E-state index in [1.807, 2.05) is 24.9 Å². The number of aromatic amines is 1. The first-order valence-electron chi connectivity index (χ1n) is 13.1. The molecule has 12 nitrogen and oxygen atoms in total. The van der Waals surface area contributed by atoms with Crippen LogP contribution < -0.4 is 15.0 Å². The lowest BCUT2D eigenvalue weighted by molar-refractivity contribution is 0.00861. The Labute approximate surface area is 217 Å². The van der Waals surface area contributed by atoms with Crippen LogP contribution in [-0.4, -0.2) is 96.0 Å². The molecule has 2 N–H and O–H groups in total. The van der Waals surface area contributed by atoms with Gasteiger partial charge in [-0.1, -0.05) is 0 Å². The van der Waals surface area contributed by atoms with Gasteiger partial charge in [-0.2, -0.15) is 15.1 Å². The molecule has 1 amide bonds. The van der Waals surface area contributed by atoms with Crippen molar-refractivity contribution in [1.82, 2.24) is 25.1 Å². The van der Waals surface area contributed by atoms with Crippen LogP contribution in [0.1, 0.15) is 44.2 Å². The molecule has 0 unspecified atom stereocenters. The molecule has 2 bridgehead atoms. The van der Waals surface area contributed by atoms with Gasteiger partial charge in [0.25, 0.3) is 0 Å². The lowest BCUT2D eigenvalue weighted by Crippen LogP contribution is -2.58. The molecule has 37 heavy (non-hydrogen) atoms. The van der Waals surface area contributed by atoms with Gasteiger partial charge in [0.1, 0.15) is 18.5 Å². The molecule has 2 aromatic rings. The number of methoxy groups -OCH3 is 1. The number of hydrogen-bond acceptors (Lipinski definition) is 10. The number of carbonyl (C=O) groups excluding carboxylic acids is 1. The number of hydrogen-bond donors (Lipinski definition) is 2. The summed E-state index contributed by atoms with van der Waals surface area (Å²) in [6, 6.07) is 4.17. The number of nitrogens with one attached hydrogen (secondary N) is 2. The normalized spacial score (nSPS) is 25.1. The zero-order valence-corrected chi connectivity index (χ0v) is 21.8. The van der Waals surface area contributed by atoms with Crippen LogP contribution in [0.2, 0.25) is 0 Å². The molecule has 0 aromatic carbocycles. The number of rotatable bonds is 9. The molecule has 3 fully saturated rings. The molecule has 3 aliphatic rings. The summed E-state index contributed by atoms with van der Waals surface area (Å²) in [4.78, 5) is 26.5. The van der Waals surface area contributed by atoms with Crippen molar-refractivity contribution in [2.24, 2.45) is 0 Å². The molecule has 5 heterocycles. The quantitative estimate of drug-likeness (QED) is 0.481. The van der Waals surface area contributed by atoms with Crippen molar-refractivity contribution in [3.63, 3.8) is 0 Å². The molecule has 0 radical (unpaired) electrons. The highest BCUT2D eigenvalue weighted by Gasteiger charge is 2.43. The lowest BCUT2D eigenvalue weighted by atomic mass is 9.81. The molecule has 5 rings (SSSR count). The van der Waals surface area contributed by atoms with E-state index in [-0.39, 0.29) is 36.9 Å². The maximum absolute atomic E-state index is 12.8. The average Bonchev–Trinajstić information content (AvgIpc) is 3.54. The van der Waals surface area contributed by atoms with Crippen LogP contribution >= 0.6 is 0 Å². The first-order valence-corrected chi connectivity index (χ1v) is 13.1. The second kappa shape index (κ2) is 11.5. The number of aromatic nitrogens is 4. The van der Waals surface area contributed by atoms with E-state index in [2.05, 4.69) is 20.4 Å². The molecule has 0 saturated carbocycles. The van der Waals surface area contributed by atoms with Gasteiger partial charge in [0.15, 0.2) is 5.82 Å². The second-order valence-electron chi connectivity index (χ2n) is 10.0. The smallest absolute Gasteiger partial charge is 0.410 e.